The Morgan fingerprint density at radius 1 is 1.50 bits per heavy atom. The van der Waals surface area contributed by atoms with Crippen LogP contribution in [-0.2, 0) is 4.79 Å². The van der Waals surface area contributed by atoms with E-state index in [1.54, 1.807) is 0 Å². The first-order chi connectivity index (χ1) is 7.50. The number of aliphatic hydroxyl groups excluding tert-OH is 1. The molecule has 2 saturated carbocycles. The molecule has 0 heterocycles. The lowest BCUT2D eigenvalue weighted by Crippen LogP contribution is -2.39. The standard InChI is InChI=1S/C13H23NO2/c1-8(2)9(3)12(16)14-11-4-5-13(7-15)6-10(11)13/h8-11,15H,4-7H2,1-3H3,(H,14,16). The van der Waals surface area contributed by atoms with Gasteiger partial charge < -0.3 is 10.4 Å². The molecular formula is C13H23NO2. The van der Waals surface area contributed by atoms with Crippen molar-refractivity contribution in [2.45, 2.75) is 46.1 Å². The molecule has 4 atom stereocenters. The van der Waals surface area contributed by atoms with Crippen LogP contribution in [0, 0.1) is 23.2 Å². The molecule has 4 unspecified atom stereocenters. The number of nitrogens with one attached hydrogen (secondary N) is 1. The fourth-order valence-electron chi connectivity index (χ4n) is 2.93. The van der Waals surface area contributed by atoms with Gasteiger partial charge in [-0.15, -0.1) is 0 Å². The number of aliphatic hydroxyl groups is 1. The molecule has 0 radical (unpaired) electrons. The molecule has 1 amide bonds. The maximum atomic E-state index is 11.9. The van der Waals surface area contributed by atoms with Gasteiger partial charge in [0.05, 0.1) is 0 Å². The third-order valence-corrected chi connectivity index (χ3v) is 4.75. The minimum Gasteiger partial charge on any atom is -0.396 e. The second-order valence-electron chi connectivity index (χ2n) is 6.02. The van der Waals surface area contributed by atoms with Gasteiger partial charge in [-0.1, -0.05) is 20.8 Å². The van der Waals surface area contributed by atoms with Gasteiger partial charge in [0.25, 0.3) is 0 Å². The third-order valence-electron chi connectivity index (χ3n) is 4.75. The van der Waals surface area contributed by atoms with E-state index >= 15 is 0 Å². The van der Waals surface area contributed by atoms with Crippen molar-refractivity contribution in [1.82, 2.24) is 5.32 Å². The summed E-state index contributed by atoms with van der Waals surface area (Å²) in [7, 11) is 0. The summed E-state index contributed by atoms with van der Waals surface area (Å²) in [6, 6.07) is 0.320. The summed E-state index contributed by atoms with van der Waals surface area (Å²) in [5.74, 6) is 1.20. The summed E-state index contributed by atoms with van der Waals surface area (Å²) in [4.78, 5) is 11.9. The summed E-state index contributed by atoms with van der Waals surface area (Å²) < 4.78 is 0. The van der Waals surface area contributed by atoms with Crippen molar-refractivity contribution >= 4 is 5.91 Å². The first kappa shape index (κ1) is 11.9. The smallest absolute Gasteiger partial charge is 0.223 e. The molecule has 0 aliphatic heterocycles. The average Bonchev–Trinajstić information content (AvgIpc) is 2.90. The lowest BCUT2D eigenvalue weighted by molar-refractivity contribution is -0.126. The minimum atomic E-state index is 0.0860. The molecule has 2 aliphatic carbocycles. The Hall–Kier alpha value is -0.570. The van der Waals surface area contributed by atoms with Crippen molar-refractivity contribution in [1.29, 1.82) is 0 Å². The highest BCUT2D eigenvalue weighted by molar-refractivity contribution is 5.79. The Morgan fingerprint density at radius 2 is 2.19 bits per heavy atom. The summed E-state index contributed by atoms with van der Waals surface area (Å²) >= 11 is 0. The van der Waals surface area contributed by atoms with Gasteiger partial charge in [0.1, 0.15) is 0 Å². The zero-order valence-corrected chi connectivity index (χ0v) is 10.5. The molecule has 0 spiro atoms. The Bertz CT molecular complexity index is 290. The van der Waals surface area contributed by atoms with Crippen LogP contribution in [0.3, 0.4) is 0 Å². The van der Waals surface area contributed by atoms with Gasteiger partial charge in [-0.05, 0) is 36.5 Å². The van der Waals surface area contributed by atoms with Crippen LogP contribution in [0.25, 0.3) is 0 Å². The van der Waals surface area contributed by atoms with Gasteiger partial charge in [-0.3, -0.25) is 4.79 Å². The third kappa shape index (κ3) is 1.86. The SMILES string of the molecule is CC(C)C(C)C(=O)NC1CCC2(CO)CC12. The highest BCUT2D eigenvalue weighted by Gasteiger charge is 2.61. The van der Waals surface area contributed by atoms with Gasteiger partial charge in [0.2, 0.25) is 5.91 Å². The molecular weight excluding hydrogens is 202 g/mol. The van der Waals surface area contributed by atoms with Crippen LogP contribution < -0.4 is 5.32 Å². The first-order valence-corrected chi connectivity index (χ1v) is 6.41. The van der Waals surface area contributed by atoms with Crippen molar-refractivity contribution in [3.63, 3.8) is 0 Å². The van der Waals surface area contributed by atoms with E-state index in [-0.39, 0.29) is 17.2 Å². The molecule has 2 rings (SSSR count). The largest absolute Gasteiger partial charge is 0.396 e. The molecule has 16 heavy (non-hydrogen) atoms. The van der Waals surface area contributed by atoms with Gasteiger partial charge in [0, 0.05) is 18.6 Å². The molecule has 2 aliphatic rings. The fourth-order valence-corrected chi connectivity index (χ4v) is 2.93. The molecule has 3 heteroatoms. The number of carbonyl (C=O) groups excluding carboxylic acids is 1. The second kappa shape index (κ2) is 4.02. The number of hydrogen-bond donors (Lipinski definition) is 2. The van der Waals surface area contributed by atoms with Crippen LogP contribution >= 0.6 is 0 Å². The van der Waals surface area contributed by atoms with Crippen molar-refractivity contribution in [2.24, 2.45) is 23.2 Å². The summed E-state index contributed by atoms with van der Waals surface area (Å²) in [6.07, 6.45) is 3.22. The summed E-state index contributed by atoms with van der Waals surface area (Å²) in [6.45, 7) is 6.44. The maximum absolute atomic E-state index is 11.9. The van der Waals surface area contributed by atoms with Crippen molar-refractivity contribution in [3.05, 3.63) is 0 Å². The van der Waals surface area contributed by atoms with Gasteiger partial charge in [0.15, 0.2) is 0 Å². The molecule has 0 aromatic carbocycles. The Labute approximate surface area is 97.6 Å². The van der Waals surface area contributed by atoms with Crippen molar-refractivity contribution < 1.29 is 9.90 Å². The summed E-state index contributed by atoms with van der Waals surface area (Å²) in [5.41, 5.74) is 0.180. The van der Waals surface area contributed by atoms with Crippen LogP contribution in [0.4, 0.5) is 0 Å². The fraction of sp³-hybridized carbons (Fsp3) is 0.923. The van der Waals surface area contributed by atoms with E-state index in [2.05, 4.69) is 19.2 Å². The minimum absolute atomic E-state index is 0.0860. The van der Waals surface area contributed by atoms with Crippen LogP contribution in [0.5, 0.6) is 0 Å². The number of carbonyl (C=O) groups is 1. The summed E-state index contributed by atoms with van der Waals surface area (Å²) in [5, 5.41) is 12.5. The Morgan fingerprint density at radius 3 is 2.62 bits per heavy atom. The number of hydrogen-bond acceptors (Lipinski definition) is 2. The molecule has 3 nitrogen and oxygen atoms in total. The normalized spacial score (nSPS) is 38.3. The van der Waals surface area contributed by atoms with E-state index in [0.29, 0.717) is 24.5 Å². The molecule has 92 valence electrons. The number of fused-ring (bicyclic) bond motifs is 1. The van der Waals surface area contributed by atoms with Gasteiger partial charge in [-0.25, -0.2) is 0 Å². The molecule has 0 aromatic heterocycles. The number of amides is 1. The van der Waals surface area contributed by atoms with Gasteiger partial charge in [-0.2, -0.15) is 0 Å². The topological polar surface area (TPSA) is 49.3 Å². The van der Waals surface area contributed by atoms with Crippen molar-refractivity contribution in [3.8, 4) is 0 Å². The molecule has 0 aromatic rings. The lowest BCUT2D eigenvalue weighted by Gasteiger charge is -2.20. The highest BCUT2D eigenvalue weighted by Crippen LogP contribution is 2.63. The van der Waals surface area contributed by atoms with E-state index < -0.39 is 0 Å². The quantitative estimate of drug-likeness (QED) is 0.762. The van der Waals surface area contributed by atoms with E-state index in [4.69, 9.17) is 0 Å². The predicted octanol–water partition coefficient (Wildman–Crippen LogP) is 1.56. The van der Waals surface area contributed by atoms with Crippen molar-refractivity contribution in [2.75, 3.05) is 6.61 Å². The van der Waals surface area contributed by atoms with Crippen LogP contribution in [-0.4, -0.2) is 23.7 Å². The van der Waals surface area contributed by atoms with E-state index in [1.807, 2.05) is 6.92 Å². The lowest BCUT2D eigenvalue weighted by atomic mass is 9.96. The second-order valence-corrected chi connectivity index (χ2v) is 6.02. The highest BCUT2D eigenvalue weighted by atomic mass is 16.3. The first-order valence-electron chi connectivity index (χ1n) is 6.41. The van der Waals surface area contributed by atoms with E-state index in [9.17, 15) is 9.90 Å². The molecule has 0 bridgehead atoms. The maximum Gasteiger partial charge on any atom is 0.223 e. The van der Waals surface area contributed by atoms with Crippen LogP contribution in [0.15, 0.2) is 0 Å². The van der Waals surface area contributed by atoms with E-state index in [1.165, 1.54) is 0 Å². The zero-order valence-electron chi connectivity index (χ0n) is 10.5. The predicted molar refractivity (Wildman–Crippen MR) is 62.8 cm³/mol. The van der Waals surface area contributed by atoms with Gasteiger partial charge >= 0.3 is 0 Å². The van der Waals surface area contributed by atoms with E-state index in [0.717, 1.165) is 19.3 Å². The molecule has 0 saturated heterocycles. The Balaban J connectivity index is 1.86. The zero-order chi connectivity index (χ0) is 11.9. The number of rotatable bonds is 4. The molecule has 2 N–H and O–H groups in total. The monoisotopic (exact) mass is 225 g/mol. The Kier molecular flexibility index (Phi) is 2.99. The van der Waals surface area contributed by atoms with Crippen LogP contribution in [0.1, 0.15) is 40.0 Å². The van der Waals surface area contributed by atoms with Crippen LogP contribution in [0.2, 0.25) is 0 Å². The molecule has 2 fully saturated rings. The average molecular weight is 225 g/mol.